The van der Waals surface area contributed by atoms with Gasteiger partial charge in [-0.2, -0.15) is 5.26 Å². The molecule has 0 bridgehead atoms. The van der Waals surface area contributed by atoms with Gasteiger partial charge in [0.2, 0.25) is 8.32 Å². The Balaban J connectivity index is 1.69. The van der Waals surface area contributed by atoms with Crippen LogP contribution in [0.4, 0.5) is 10.1 Å². The van der Waals surface area contributed by atoms with Gasteiger partial charge in [-0.05, 0) is 83.9 Å². The summed E-state index contributed by atoms with van der Waals surface area (Å²) in [4.78, 5) is 14.9. The molecule has 4 rings (SSSR count). The van der Waals surface area contributed by atoms with E-state index in [0.717, 1.165) is 16.9 Å². The minimum atomic E-state index is -1.97. The van der Waals surface area contributed by atoms with Crippen LogP contribution in [0.25, 0.3) is 6.08 Å². The van der Waals surface area contributed by atoms with Gasteiger partial charge < -0.3 is 4.43 Å². The number of nitrogens with zero attached hydrogens (tertiary/aromatic N) is 2. The lowest BCUT2D eigenvalue weighted by Crippen LogP contribution is -2.49. The SMILES string of the molecule is CC(C)(C)[Si](C)(C)Oc1ccc(C2/C(=C\c3ccc(C#N)cc3)C(=O)N2c2ccc(F)cc2)cc1. The van der Waals surface area contributed by atoms with Crippen LogP contribution in [-0.4, -0.2) is 14.2 Å². The Morgan fingerprint density at radius 3 is 2.11 bits per heavy atom. The van der Waals surface area contributed by atoms with Crippen molar-refractivity contribution in [1.29, 1.82) is 5.26 Å². The number of hydrogen-bond donors (Lipinski definition) is 0. The maximum absolute atomic E-state index is 13.5. The minimum absolute atomic E-state index is 0.0858. The molecule has 4 nitrogen and oxygen atoms in total. The van der Waals surface area contributed by atoms with Gasteiger partial charge in [0.25, 0.3) is 5.91 Å². The van der Waals surface area contributed by atoms with Crippen LogP contribution < -0.4 is 9.33 Å². The molecular weight excluding hydrogens is 455 g/mol. The van der Waals surface area contributed by atoms with Crippen molar-refractivity contribution >= 4 is 26.0 Å². The highest BCUT2D eigenvalue weighted by atomic mass is 28.4. The first kappa shape index (κ1) is 24.4. The van der Waals surface area contributed by atoms with E-state index >= 15 is 0 Å². The summed E-state index contributed by atoms with van der Waals surface area (Å²) in [6.07, 6.45) is 1.86. The molecule has 1 heterocycles. The molecule has 1 amide bonds. The molecule has 0 N–H and O–H groups in total. The summed E-state index contributed by atoms with van der Waals surface area (Å²) < 4.78 is 19.9. The average molecular weight is 485 g/mol. The molecule has 0 aliphatic carbocycles. The number of hydrogen-bond acceptors (Lipinski definition) is 3. The minimum Gasteiger partial charge on any atom is -0.544 e. The van der Waals surface area contributed by atoms with E-state index < -0.39 is 8.32 Å². The average Bonchev–Trinajstić information content (AvgIpc) is 2.82. The summed E-state index contributed by atoms with van der Waals surface area (Å²) in [5.41, 5.74) is 3.62. The Bertz CT molecular complexity index is 1300. The Labute approximate surface area is 207 Å². The van der Waals surface area contributed by atoms with E-state index in [4.69, 9.17) is 9.69 Å². The number of anilines is 1. The number of halogens is 1. The lowest BCUT2D eigenvalue weighted by Gasteiger charge is -2.43. The monoisotopic (exact) mass is 484 g/mol. The van der Waals surface area contributed by atoms with Crippen molar-refractivity contribution in [3.05, 3.63) is 101 Å². The highest BCUT2D eigenvalue weighted by Gasteiger charge is 2.44. The fraction of sp³-hybridized carbons (Fsp3) is 0.241. The summed E-state index contributed by atoms with van der Waals surface area (Å²) in [6.45, 7) is 11.0. The summed E-state index contributed by atoms with van der Waals surface area (Å²) >= 11 is 0. The molecule has 1 saturated heterocycles. The molecule has 0 aromatic heterocycles. The highest BCUT2D eigenvalue weighted by Crippen LogP contribution is 2.45. The second kappa shape index (κ2) is 9.16. The van der Waals surface area contributed by atoms with Gasteiger partial charge in [0.15, 0.2) is 0 Å². The first-order chi connectivity index (χ1) is 16.5. The predicted octanol–water partition coefficient (Wildman–Crippen LogP) is 7.25. The van der Waals surface area contributed by atoms with Crippen molar-refractivity contribution in [1.82, 2.24) is 0 Å². The quantitative estimate of drug-likeness (QED) is 0.218. The molecular formula is C29H29FN2O2Si. The third-order valence-electron chi connectivity index (χ3n) is 6.86. The number of rotatable bonds is 5. The van der Waals surface area contributed by atoms with Crippen molar-refractivity contribution in [2.24, 2.45) is 0 Å². The molecule has 3 aromatic carbocycles. The maximum atomic E-state index is 13.5. The number of β-lactam (4-membered cyclic amide) rings is 1. The first-order valence-electron chi connectivity index (χ1n) is 11.6. The molecule has 1 fully saturated rings. The van der Waals surface area contributed by atoms with E-state index in [9.17, 15) is 9.18 Å². The van der Waals surface area contributed by atoms with Crippen molar-refractivity contribution in [3.63, 3.8) is 0 Å². The van der Waals surface area contributed by atoms with Gasteiger partial charge in [0.05, 0.1) is 17.7 Å². The Hall–Kier alpha value is -3.69. The van der Waals surface area contributed by atoms with Crippen molar-refractivity contribution in [2.75, 3.05) is 4.90 Å². The molecule has 35 heavy (non-hydrogen) atoms. The van der Waals surface area contributed by atoms with E-state index in [1.165, 1.54) is 12.1 Å². The molecule has 1 atom stereocenters. The van der Waals surface area contributed by atoms with Crippen molar-refractivity contribution in [2.45, 2.75) is 44.9 Å². The number of carbonyl (C=O) groups excluding carboxylic acids is 1. The van der Waals surface area contributed by atoms with Gasteiger partial charge in [-0.15, -0.1) is 0 Å². The second-order valence-electron chi connectivity index (χ2n) is 10.3. The lowest BCUT2D eigenvalue weighted by molar-refractivity contribution is -0.118. The van der Waals surface area contributed by atoms with Crippen LogP contribution in [0.15, 0.2) is 78.4 Å². The molecule has 1 aliphatic rings. The third-order valence-corrected chi connectivity index (χ3v) is 11.2. The van der Waals surface area contributed by atoms with Gasteiger partial charge in [0, 0.05) is 11.3 Å². The molecule has 3 aromatic rings. The number of amides is 1. The van der Waals surface area contributed by atoms with E-state index in [2.05, 4.69) is 39.9 Å². The highest BCUT2D eigenvalue weighted by molar-refractivity contribution is 6.74. The molecule has 0 radical (unpaired) electrons. The van der Waals surface area contributed by atoms with Gasteiger partial charge in [-0.1, -0.05) is 45.0 Å². The Kier molecular flexibility index (Phi) is 6.39. The summed E-state index contributed by atoms with van der Waals surface area (Å²) in [7, 11) is -1.97. The van der Waals surface area contributed by atoms with Crippen LogP contribution in [0.1, 0.15) is 43.5 Å². The van der Waals surface area contributed by atoms with E-state index in [1.807, 2.05) is 42.5 Å². The molecule has 0 saturated carbocycles. The van der Waals surface area contributed by atoms with Gasteiger partial charge in [-0.25, -0.2) is 4.39 Å². The maximum Gasteiger partial charge on any atom is 0.257 e. The second-order valence-corrected chi connectivity index (χ2v) is 15.0. The van der Waals surface area contributed by atoms with Gasteiger partial charge >= 0.3 is 0 Å². The van der Waals surface area contributed by atoms with E-state index in [0.29, 0.717) is 16.8 Å². The van der Waals surface area contributed by atoms with Crippen LogP contribution in [-0.2, 0) is 4.79 Å². The largest absolute Gasteiger partial charge is 0.544 e. The smallest absolute Gasteiger partial charge is 0.257 e. The van der Waals surface area contributed by atoms with Crippen LogP contribution in [0.2, 0.25) is 18.1 Å². The molecule has 1 unspecified atom stereocenters. The van der Waals surface area contributed by atoms with Crippen molar-refractivity contribution in [3.8, 4) is 11.8 Å². The fourth-order valence-corrected chi connectivity index (χ4v) is 4.81. The predicted molar refractivity (Wildman–Crippen MR) is 140 cm³/mol. The molecule has 1 aliphatic heterocycles. The van der Waals surface area contributed by atoms with E-state index in [-0.39, 0.29) is 22.8 Å². The van der Waals surface area contributed by atoms with Crippen LogP contribution in [0.3, 0.4) is 0 Å². The normalized spacial score (nSPS) is 17.2. The van der Waals surface area contributed by atoms with E-state index in [1.54, 1.807) is 29.2 Å². The standard InChI is InChI=1S/C29H29FN2O2Si/c1-29(2,3)35(4,5)34-25-16-10-22(11-17-25)27-26(18-20-6-8-21(19-31)9-7-20)28(33)32(27)24-14-12-23(30)13-15-24/h6-18,27H,1-5H3/b26-18+. The van der Waals surface area contributed by atoms with Crippen LogP contribution in [0, 0.1) is 17.1 Å². The van der Waals surface area contributed by atoms with Gasteiger partial charge in [0.1, 0.15) is 11.6 Å². The summed E-state index contributed by atoms with van der Waals surface area (Å²) in [5.74, 6) is 0.336. The molecule has 178 valence electrons. The number of benzene rings is 3. The third kappa shape index (κ3) is 4.91. The van der Waals surface area contributed by atoms with Crippen LogP contribution >= 0.6 is 0 Å². The fourth-order valence-electron chi connectivity index (χ4n) is 3.78. The number of carbonyl (C=O) groups is 1. The van der Waals surface area contributed by atoms with Crippen LogP contribution in [0.5, 0.6) is 5.75 Å². The zero-order chi connectivity index (χ0) is 25.4. The lowest BCUT2D eigenvalue weighted by atomic mass is 9.86. The summed E-state index contributed by atoms with van der Waals surface area (Å²) in [6, 6.07) is 22.8. The molecule has 6 heteroatoms. The Morgan fingerprint density at radius 1 is 0.971 bits per heavy atom. The topological polar surface area (TPSA) is 53.3 Å². The molecule has 0 spiro atoms. The zero-order valence-corrected chi connectivity index (χ0v) is 21.7. The summed E-state index contributed by atoms with van der Waals surface area (Å²) in [5, 5.41) is 9.14. The Morgan fingerprint density at radius 2 is 1.57 bits per heavy atom. The number of nitriles is 1. The zero-order valence-electron chi connectivity index (χ0n) is 20.7. The first-order valence-corrected chi connectivity index (χ1v) is 14.5. The van der Waals surface area contributed by atoms with Gasteiger partial charge in [-0.3, -0.25) is 9.69 Å². The van der Waals surface area contributed by atoms with Crippen molar-refractivity contribution < 1.29 is 13.6 Å².